The van der Waals surface area contributed by atoms with Gasteiger partial charge >= 0.3 is 0 Å². The topological polar surface area (TPSA) is 114 Å². The van der Waals surface area contributed by atoms with Crippen molar-refractivity contribution in [2.45, 2.75) is 44.5 Å². The molecule has 4 heterocycles. The molecule has 1 fully saturated rings. The molecule has 26 heavy (non-hydrogen) atoms. The molecule has 0 radical (unpaired) electrons. The number of aromatic nitrogens is 4. The number of hydrogen-bond donors (Lipinski definition) is 3. The van der Waals surface area contributed by atoms with Gasteiger partial charge < -0.3 is 24.6 Å². The van der Waals surface area contributed by atoms with Crippen LogP contribution in [0.2, 0.25) is 0 Å². The van der Waals surface area contributed by atoms with E-state index in [1.807, 2.05) is 19.9 Å². The molecule has 0 saturated carbocycles. The van der Waals surface area contributed by atoms with E-state index >= 15 is 0 Å². The van der Waals surface area contributed by atoms with E-state index in [9.17, 15) is 15.3 Å². The number of aliphatic hydroxyl groups is 3. The van der Waals surface area contributed by atoms with Gasteiger partial charge in [0.2, 0.25) is 0 Å². The molecule has 0 bridgehead atoms. The highest BCUT2D eigenvalue weighted by Crippen LogP contribution is 2.37. The van der Waals surface area contributed by atoms with Crippen LogP contribution in [-0.4, -0.2) is 53.2 Å². The lowest BCUT2D eigenvalue weighted by atomic mass is 10.0. The summed E-state index contributed by atoms with van der Waals surface area (Å²) >= 11 is 0. The van der Waals surface area contributed by atoms with Crippen LogP contribution in [-0.2, 0) is 4.74 Å². The van der Waals surface area contributed by atoms with Gasteiger partial charge in [0, 0.05) is 29.0 Å². The maximum absolute atomic E-state index is 10.6. The van der Waals surface area contributed by atoms with E-state index in [1.54, 1.807) is 22.9 Å². The number of ether oxygens (including phenoxy) is 1. The van der Waals surface area contributed by atoms with Gasteiger partial charge in [-0.2, -0.15) is 0 Å². The van der Waals surface area contributed by atoms with E-state index in [-0.39, 0.29) is 0 Å². The Hall–Kier alpha value is -2.39. The fourth-order valence-electron chi connectivity index (χ4n) is 3.32. The standard InChI is InChI=1S/C18H20N4O4/c1-9-3-4-11(7-19-9)13(23)16-14(24)15(25)18(26-16)22-6-5-12-10(2)20-8-21-17(12)22/h3-8,13-16,18,23-25H,1-2H3/t13-,14-,15+,16+,18+/m0/s1. The summed E-state index contributed by atoms with van der Waals surface area (Å²) in [6.45, 7) is 3.71. The van der Waals surface area contributed by atoms with Crippen molar-refractivity contribution in [3.8, 4) is 0 Å². The molecule has 136 valence electrons. The quantitative estimate of drug-likeness (QED) is 0.636. The number of pyridine rings is 1. The van der Waals surface area contributed by atoms with Gasteiger partial charge in [-0.3, -0.25) is 4.98 Å². The zero-order valence-electron chi connectivity index (χ0n) is 14.4. The van der Waals surface area contributed by atoms with Crippen molar-refractivity contribution in [1.29, 1.82) is 0 Å². The summed E-state index contributed by atoms with van der Waals surface area (Å²) in [6.07, 6.45) is -0.718. The first-order chi connectivity index (χ1) is 12.5. The number of nitrogens with zero attached hydrogens (tertiary/aromatic N) is 4. The average molecular weight is 356 g/mol. The number of hydrogen-bond acceptors (Lipinski definition) is 7. The maximum Gasteiger partial charge on any atom is 0.164 e. The Morgan fingerprint density at radius 3 is 2.62 bits per heavy atom. The smallest absolute Gasteiger partial charge is 0.164 e. The van der Waals surface area contributed by atoms with Crippen LogP contribution in [0.25, 0.3) is 11.0 Å². The zero-order valence-corrected chi connectivity index (χ0v) is 14.4. The molecule has 5 atom stereocenters. The van der Waals surface area contributed by atoms with Crippen molar-refractivity contribution in [3.05, 3.63) is 53.9 Å². The molecule has 1 aliphatic heterocycles. The second kappa shape index (κ2) is 6.40. The van der Waals surface area contributed by atoms with E-state index in [0.29, 0.717) is 11.2 Å². The largest absolute Gasteiger partial charge is 0.387 e. The summed E-state index contributed by atoms with van der Waals surface area (Å²) in [4.78, 5) is 12.6. The van der Waals surface area contributed by atoms with Crippen LogP contribution < -0.4 is 0 Å². The molecule has 4 rings (SSSR count). The number of aliphatic hydroxyl groups excluding tert-OH is 3. The minimum Gasteiger partial charge on any atom is -0.387 e. The van der Waals surface area contributed by atoms with Gasteiger partial charge in [-0.05, 0) is 26.0 Å². The van der Waals surface area contributed by atoms with Crippen LogP contribution >= 0.6 is 0 Å². The average Bonchev–Trinajstić information content (AvgIpc) is 3.18. The fraction of sp³-hybridized carbons (Fsp3) is 0.389. The molecular weight excluding hydrogens is 336 g/mol. The predicted molar refractivity (Wildman–Crippen MR) is 92.1 cm³/mol. The van der Waals surface area contributed by atoms with Gasteiger partial charge in [-0.25, -0.2) is 9.97 Å². The first-order valence-corrected chi connectivity index (χ1v) is 8.37. The Bertz CT molecular complexity index is 927. The molecule has 3 N–H and O–H groups in total. The van der Waals surface area contributed by atoms with Crippen molar-refractivity contribution in [3.63, 3.8) is 0 Å². The van der Waals surface area contributed by atoms with Crippen molar-refractivity contribution in [2.75, 3.05) is 0 Å². The second-order valence-corrected chi connectivity index (χ2v) is 6.57. The molecule has 8 nitrogen and oxygen atoms in total. The lowest BCUT2D eigenvalue weighted by Crippen LogP contribution is -2.34. The Kier molecular flexibility index (Phi) is 4.20. The van der Waals surface area contributed by atoms with Gasteiger partial charge in [0.25, 0.3) is 0 Å². The van der Waals surface area contributed by atoms with Crippen molar-refractivity contribution >= 4 is 11.0 Å². The van der Waals surface area contributed by atoms with Crippen LogP contribution in [0.4, 0.5) is 0 Å². The Labute approximate surface area is 149 Å². The van der Waals surface area contributed by atoms with Crippen LogP contribution in [0, 0.1) is 13.8 Å². The van der Waals surface area contributed by atoms with Gasteiger partial charge in [0.1, 0.15) is 36.4 Å². The Balaban J connectivity index is 1.65. The number of fused-ring (bicyclic) bond motifs is 1. The monoisotopic (exact) mass is 356 g/mol. The lowest BCUT2D eigenvalue weighted by Gasteiger charge is -2.21. The van der Waals surface area contributed by atoms with Crippen LogP contribution in [0.3, 0.4) is 0 Å². The SMILES string of the molecule is Cc1ccc([C@H](O)[C@H]2O[C@@H](n3ccc4c(C)ncnc43)[C@H](O)[C@@H]2O)cn1. The number of rotatable bonds is 3. The van der Waals surface area contributed by atoms with Crippen LogP contribution in [0.5, 0.6) is 0 Å². The molecule has 0 amide bonds. The summed E-state index contributed by atoms with van der Waals surface area (Å²) in [6, 6.07) is 5.33. The molecule has 1 aliphatic rings. The summed E-state index contributed by atoms with van der Waals surface area (Å²) in [5.41, 5.74) is 2.74. The van der Waals surface area contributed by atoms with Gasteiger partial charge in [-0.1, -0.05) is 6.07 Å². The molecule has 3 aromatic heterocycles. The third-order valence-electron chi connectivity index (χ3n) is 4.84. The fourth-order valence-corrected chi connectivity index (χ4v) is 3.32. The van der Waals surface area contributed by atoms with Crippen molar-refractivity contribution in [1.82, 2.24) is 19.5 Å². The van der Waals surface area contributed by atoms with E-state index in [1.165, 1.54) is 12.5 Å². The van der Waals surface area contributed by atoms with E-state index < -0.39 is 30.6 Å². The van der Waals surface area contributed by atoms with Crippen LogP contribution in [0.15, 0.2) is 36.9 Å². The van der Waals surface area contributed by atoms with E-state index in [0.717, 1.165) is 16.8 Å². The summed E-state index contributed by atoms with van der Waals surface area (Å²) < 4.78 is 7.50. The zero-order chi connectivity index (χ0) is 18.4. The molecule has 3 aromatic rings. The summed E-state index contributed by atoms with van der Waals surface area (Å²) in [5.74, 6) is 0. The first kappa shape index (κ1) is 17.0. The van der Waals surface area contributed by atoms with Crippen molar-refractivity contribution in [2.24, 2.45) is 0 Å². The first-order valence-electron chi connectivity index (χ1n) is 8.37. The normalized spacial score (nSPS) is 27.1. The highest BCUT2D eigenvalue weighted by Gasteiger charge is 2.47. The maximum atomic E-state index is 10.6. The van der Waals surface area contributed by atoms with Gasteiger partial charge in [0.05, 0.1) is 5.69 Å². The van der Waals surface area contributed by atoms with E-state index in [2.05, 4.69) is 15.0 Å². The van der Waals surface area contributed by atoms with Crippen LogP contribution in [0.1, 0.15) is 29.3 Å². The predicted octanol–water partition coefficient (Wildman–Crippen LogP) is 0.796. The van der Waals surface area contributed by atoms with Gasteiger partial charge in [0.15, 0.2) is 6.23 Å². The molecule has 8 heteroatoms. The Morgan fingerprint density at radius 2 is 1.88 bits per heavy atom. The lowest BCUT2D eigenvalue weighted by molar-refractivity contribution is -0.0849. The third-order valence-corrected chi connectivity index (χ3v) is 4.84. The third kappa shape index (κ3) is 2.67. The van der Waals surface area contributed by atoms with E-state index in [4.69, 9.17) is 4.74 Å². The minimum absolute atomic E-state index is 0.517. The molecule has 1 saturated heterocycles. The highest BCUT2D eigenvalue weighted by molar-refractivity contribution is 5.78. The molecule has 0 unspecified atom stereocenters. The molecule has 0 aliphatic carbocycles. The minimum atomic E-state index is -1.25. The summed E-state index contributed by atoms with van der Waals surface area (Å²) in [5, 5.41) is 32.4. The number of aryl methyl sites for hydroxylation is 2. The molecule has 0 aromatic carbocycles. The Morgan fingerprint density at radius 1 is 1.08 bits per heavy atom. The van der Waals surface area contributed by atoms with Gasteiger partial charge in [-0.15, -0.1) is 0 Å². The molecular formula is C18H20N4O4. The second-order valence-electron chi connectivity index (χ2n) is 6.57. The van der Waals surface area contributed by atoms with Crippen molar-refractivity contribution < 1.29 is 20.1 Å². The molecule has 0 spiro atoms. The summed E-state index contributed by atoms with van der Waals surface area (Å²) in [7, 11) is 0. The highest BCUT2D eigenvalue weighted by atomic mass is 16.6.